The van der Waals surface area contributed by atoms with E-state index in [0.717, 1.165) is 37.3 Å². The fraction of sp³-hybridized carbons (Fsp3) is 0.600. The molecule has 0 spiro atoms. The Balaban J connectivity index is 2.23. The number of hydrogen-bond acceptors (Lipinski definition) is 2. The molecule has 0 aliphatic rings. The van der Waals surface area contributed by atoms with Gasteiger partial charge in [0, 0.05) is 24.5 Å². The second-order valence-corrected chi connectivity index (χ2v) is 7.28. The minimum absolute atomic E-state index is 0.673. The van der Waals surface area contributed by atoms with Gasteiger partial charge in [0.05, 0.1) is 0 Å². The molecule has 0 saturated carbocycles. The topological polar surface area (TPSA) is 48.1 Å². The first-order valence-corrected chi connectivity index (χ1v) is 10.7. The molecule has 0 radical (unpaired) electrons. The van der Waals surface area contributed by atoms with Gasteiger partial charge >= 0.3 is 0 Å². The van der Waals surface area contributed by atoms with Gasteiger partial charge in [-0.05, 0) is 61.5 Å². The molecule has 0 aliphatic carbocycles. The quantitative estimate of drug-likeness (QED) is 0.280. The van der Waals surface area contributed by atoms with Gasteiger partial charge in [-0.15, -0.1) is 0 Å². The zero-order valence-corrected chi connectivity index (χ0v) is 17.8. The van der Waals surface area contributed by atoms with Gasteiger partial charge in [-0.2, -0.15) is 0 Å². The van der Waals surface area contributed by atoms with Gasteiger partial charge in [0.2, 0.25) is 0 Å². The molecule has 0 aromatic heterocycles. The molecule has 6 heteroatoms. The standard InChI is InChI=1S/C20H34N4S2/c1-3-5-7-9-15-21-19(25)23-17-11-13-18(14-12-17)24-20(26)22-16-10-8-6-4-2/h11-14H,3-10,15-16H2,1-2H3,(H2,21,23,25)(H2,22,24,26). The highest BCUT2D eigenvalue weighted by molar-refractivity contribution is 7.80. The molecule has 146 valence electrons. The summed E-state index contributed by atoms with van der Waals surface area (Å²) in [4.78, 5) is 0. The van der Waals surface area contributed by atoms with Crippen molar-refractivity contribution in [3.8, 4) is 0 Å². The lowest BCUT2D eigenvalue weighted by atomic mass is 10.2. The van der Waals surface area contributed by atoms with E-state index in [1.54, 1.807) is 0 Å². The fourth-order valence-electron chi connectivity index (χ4n) is 2.49. The van der Waals surface area contributed by atoms with Gasteiger partial charge in [-0.3, -0.25) is 0 Å². The third kappa shape index (κ3) is 11.3. The summed E-state index contributed by atoms with van der Waals surface area (Å²) in [6, 6.07) is 7.99. The molecule has 0 aliphatic heterocycles. The van der Waals surface area contributed by atoms with E-state index < -0.39 is 0 Å². The van der Waals surface area contributed by atoms with Crippen molar-refractivity contribution in [3.63, 3.8) is 0 Å². The van der Waals surface area contributed by atoms with Gasteiger partial charge in [-0.1, -0.05) is 52.4 Å². The number of anilines is 2. The van der Waals surface area contributed by atoms with E-state index >= 15 is 0 Å². The normalized spacial score (nSPS) is 10.2. The molecular weight excluding hydrogens is 360 g/mol. The first-order chi connectivity index (χ1) is 12.7. The van der Waals surface area contributed by atoms with Gasteiger partial charge in [0.15, 0.2) is 10.2 Å². The Morgan fingerprint density at radius 3 is 1.38 bits per heavy atom. The summed E-state index contributed by atoms with van der Waals surface area (Å²) in [5.74, 6) is 0. The molecule has 0 fully saturated rings. The summed E-state index contributed by atoms with van der Waals surface area (Å²) in [6.45, 7) is 6.27. The summed E-state index contributed by atoms with van der Waals surface area (Å²) in [6.07, 6.45) is 9.88. The predicted octanol–water partition coefficient (Wildman–Crippen LogP) is 5.42. The van der Waals surface area contributed by atoms with E-state index in [1.807, 2.05) is 24.3 Å². The van der Waals surface area contributed by atoms with Crippen LogP contribution in [-0.4, -0.2) is 23.3 Å². The highest BCUT2D eigenvalue weighted by Crippen LogP contribution is 2.13. The lowest BCUT2D eigenvalue weighted by Crippen LogP contribution is -2.29. The van der Waals surface area contributed by atoms with Crippen LogP contribution in [0.2, 0.25) is 0 Å². The Labute approximate surface area is 169 Å². The third-order valence-corrected chi connectivity index (χ3v) is 4.53. The lowest BCUT2D eigenvalue weighted by Gasteiger charge is -2.13. The van der Waals surface area contributed by atoms with Crippen LogP contribution in [0.5, 0.6) is 0 Å². The van der Waals surface area contributed by atoms with E-state index in [2.05, 4.69) is 35.1 Å². The molecule has 4 N–H and O–H groups in total. The Morgan fingerprint density at radius 1 is 0.654 bits per heavy atom. The molecule has 1 rings (SSSR count). The number of benzene rings is 1. The summed E-state index contributed by atoms with van der Waals surface area (Å²) in [5, 5.41) is 14.3. The largest absolute Gasteiger partial charge is 0.362 e. The van der Waals surface area contributed by atoms with Crippen LogP contribution in [-0.2, 0) is 0 Å². The monoisotopic (exact) mass is 394 g/mol. The van der Waals surface area contributed by atoms with Crippen molar-refractivity contribution in [2.24, 2.45) is 0 Å². The van der Waals surface area contributed by atoms with Crippen molar-refractivity contribution < 1.29 is 0 Å². The molecule has 0 bridgehead atoms. The number of unbranched alkanes of at least 4 members (excludes halogenated alkanes) is 6. The SMILES string of the molecule is CCCCCCNC(=S)Nc1ccc(NC(=S)NCCCCCC)cc1. The maximum Gasteiger partial charge on any atom is 0.170 e. The van der Waals surface area contributed by atoms with Gasteiger partial charge in [0.25, 0.3) is 0 Å². The molecule has 0 amide bonds. The van der Waals surface area contributed by atoms with Crippen LogP contribution >= 0.6 is 24.4 Å². The highest BCUT2D eigenvalue weighted by atomic mass is 32.1. The molecule has 0 heterocycles. The van der Waals surface area contributed by atoms with Crippen LogP contribution in [0, 0.1) is 0 Å². The Bertz CT molecular complexity index is 470. The van der Waals surface area contributed by atoms with Crippen molar-refractivity contribution in [1.29, 1.82) is 0 Å². The molecule has 1 aromatic carbocycles. The lowest BCUT2D eigenvalue weighted by molar-refractivity contribution is 0.655. The predicted molar refractivity (Wildman–Crippen MR) is 123 cm³/mol. The zero-order chi connectivity index (χ0) is 19.0. The first kappa shape index (κ1) is 22.6. The molecule has 1 aromatic rings. The zero-order valence-electron chi connectivity index (χ0n) is 16.2. The average molecular weight is 395 g/mol. The van der Waals surface area contributed by atoms with Crippen LogP contribution in [0.4, 0.5) is 11.4 Å². The van der Waals surface area contributed by atoms with E-state index in [4.69, 9.17) is 24.4 Å². The van der Waals surface area contributed by atoms with E-state index in [9.17, 15) is 0 Å². The summed E-state index contributed by atoms with van der Waals surface area (Å²) in [5.41, 5.74) is 1.94. The number of thiocarbonyl (C=S) groups is 2. The van der Waals surface area contributed by atoms with E-state index in [-0.39, 0.29) is 0 Å². The maximum absolute atomic E-state index is 5.33. The number of rotatable bonds is 12. The molecular formula is C20H34N4S2. The second kappa shape index (κ2) is 14.7. The summed E-state index contributed by atoms with van der Waals surface area (Å²) >= 11 is 10.7. The van der Waals surface area contributed by atoms with Crippen LogP contribution in [0.1, 0.15) is 65.2 Å². The van der Waals surface area contributed by atoms with Crippen LogP contribution in [0.15, 0.2) is 24.3 Å². The van der Waals surface area contributed by atoms with Gasteiger partial charge in [-0.25, -0.2) is 0 Å². The van der Waals surface area contributed by atoms with E-state index in [0.29, 0.717) is 10.2 Å². The van der Waals surface area contributed by atoms with Crippen molar-refractivity contribution in [3.05, 3.63) is 24.3 Å². The minimum Gasteiger partial charge on any atom is -0.362 e. The van der Waals surface area contributed by atoms with Gasteiger partial charge < -0.3 is 21.3 Å². The van der Waals surface area contributed by atoms with Crippen molar-refractivity contribution in [2.45, 2.75) is 65.2 Å². The van der Waals surface area contributed by atoms with Crippen molar-refractivity contribution >= 4 is 46.0 Å². The molecule has 0 saturated heterocycles. The summed E-state index contributed by atoms with van der Waals surface area (Å²) in [7, 11) is 0. The average Bonchev–Trinajstić information content (AvgIpc) is 2.63. The van der Waals surface area contributed by atoms with Gasteiger partial charge in [0.1, 0.15) is 0 Å². The maximum atomic E-state index is 5.33. The smallest absolute Gasteiger partial charge is 0.170 e. The minimum atomic E-state index is 0.673. The highest BCUT2D eigenvalue weighted by Gasteiger charge is 2.00. The third-order valence-electron chi connectivity index (χ3n) is 4.03. The van der Waals surface area contributed by atoms with Crippen LogP contribution < -0.4 is 21.3 Å². The fourth-order valence-corrected chi connectivity index (χ4v) is 2.93. The molecule has 4 nitrogen and oxygen atoms in total. The molecule has 26 heavy (non-hydrogen) atoms. The number of nitrogens with one attached hydrogen (secondary N) is 4. The second-order valence-electron chi connectivity index (χ2n) is 6.46. The van der Waals surface area contributed by atoms with Crippen molar-refractivity contribution in [1.82, 2.24) is 10.6 Å². The number of hydrogen-bond donors (Lipinski definition) is 4. The van der Waals surface area contributed by atoms with Crippen LogP contribution in [0.25, 0.3) is 0 Å². The Morgan fingerprint density at radius 2 is 1.04 bits per heavy atom. The van der Waals surface area contributed by atoms with Crippen LogP contribution in [0.3, 0.4) is 0 Å². The van der Waals surface area contributed by atoms with Crippen molar-refractivity contribution in [2.75, 3.05) is 23.7 Å². The summed E-state index contributed by atoms with van der Waals surface area (Å²) < 4.78 is 0. The first-order valence-electron chi connectivity index (χ1n) is 9.85. The Hall–Kier alpha value is -1.40. The van der Waals surface area contributed by atoms with E-state index in [1.165, 1.54) is 38.5 Å². The molecule has 0 unspecified atom stereocenters. The molecule has 0 atom stereocenters. The Kier molecular flexibility index (Phi) is 12.8.